The van der Waals surface area contributed by atoms with Crippen molar-refractivity contribution in [2.45, 2.75) is 32.7 Å². The van der Waals surface area contributed by atoms with Crippen LogP contribution in [0.4, 0.5) is 0 Å². The molecule has 2 nitrogen and oxygen atoms in total. The molecule has 0 saturated heterocycles. The normalized spacial score (nSPS) is 13.4. The van der Waals surface area contributed by atoms with Gasteiger partial charge in [0, 0.05) is 6.04 Å². The second kappa shape index (κ2) is 3.58. The van der Waals surface area contributed by atoms with Crippen LogP contribution in [0.25, 0.3) is 0 Å². The Hall–Kier alpha value is -0.760. The molecule has 0 fully saturated rings. The summed E-state index contributed by atoms with van der Waals surface area (Å²) in [4.78, 5) is 0. The van der Waals surface area contributed by atoms with Gasteiger partial charge in [0.25, 0.3) is 0 Å². The summed E-state index contributed by atoms with van der Waals surface area (Å²) in [6.45, 7) is 4.07. The van der Waals surface area contributed by atoms with Gasteiger partial charge in [-0.3, -0.25) is 0 Å². The average Bonchev–Trinajstić information content (AvgIpc) is 2.37. The summed E-state index contributed by atoms with van der Waals surface area (Å²) in [6, 6.07) is 2.26. The Balaban J connectivity index is 2.56. The largest absolute Gasteiger partial charge is 0.469 e. The van der Waals surface area contributed by atoms with Crippen LogP contribution in [0.5, 0.6) is 0 Å². The molecule has 0 spiro atoms. The zero-order valence-electron chi connectivity index (χ0n) is 7.13. The van der Waals surface area contributed by atoms with E-state index in [9.17, 15) is 0 Å². The van der Waals surface area contributed by atoms with Crippen LogP contribution in [-0.2, 0) is 6.42 Å². The minimum Gasteiger partial charge on any atom is -0.469 e. The molecule has 62 valence electrons. The molecule has 2 heteroatoms. The summed E-state index contributed by atoms with van der Waals surface area (Å²) in [6.07, 6.45) is 3.66. The van der Waals surface area contributed by atoms with Crippen LogP contribution in [0, 0.1) is 6.92 Å². The van der Waals surface area contributed by atoms with E-state index in [4.69, 9.17) is 10.2 Å². The Morgan fingerprint density at radius 1 is 1.64 bits per heavy atom. The van der Waals surface area contributed by atoms with Gasteiger partial charge in [-0.25, -0.2) is 0 Å². The van der Waals surface area contributed by atoms with Crippen molar-refractivity contribution in [3.8, 4) is 0 Å². The monoisotopic (exact) mass is 153 g/mol. The number of nitrogens with two attached hydrogens (primary N) is 1. The molecule has 0 aliphatic carbocycles. The first-order chi connectivity index (χ1) is 5.24. The Morgan fingerprint density at radius 2 is 2.36 bits per heavy atom. The van der Waals surface area contributed by atoms with Gasteiger partial charge in [0.2, 0.25) is 0 Å². The van der Waals surface area contributed by atoms with E-state index < -0.39 is 0 Å². The van der Waals surface area contributed by atoms with Crippen molar-refractivity contribution in [2.75, 3.05) is 0 Å². The molecular weight excluding hydrogens is 138 g/mol. The molecule has 0 aliphatic heterocycles. The first kappa shape index (κ1) is 8.34. The first-order valence-corrected chi connectivity index (χ1v) is 4.02. The van der Waals surface area contributed by atoms with Crippen molar-refractivity contribution in [2.24, 2.45) is 5.73 Å². The van der Waals surface area contributed by atoms with Crippen molar-refractivity contribution in [3.63, 3.8) is 0 Å². The van der Waals surface area contributed by atoms with Gasteiger partial charge in [0.15, 0.2) is 0 Å². The molecule has 1 aromatic heterocycles. The van der Waals surface area contributed by atoms with E-state index in [0.29, 0.717) is 0 Å². The van der Waals surface area contributed by atoms with Crippen LogP contribution in [0.3, 0.4) is 0 Å². The lowest BCUT2D eigenvalue weighted by molar-refractivity contribution is 0.525. The van der Waals surface area contributed by atoms with Crippen LogP contribution in [0.2, 0.25) is 0 Å². The SMILES string of the molecule is CCC(N)Cc1ccoc1C. The molecule has 0 bridgehead atoms. The van der Waals surface area contributed by atoms with Gasteiger partial charge in [-0.05, 0) is 31.4 Å². The van der Waals surface area contributed by atoms with Crippen LogP contribution in [0.1, 0.15) is 24.7 Å². The zero-order chi connectivity index (χ0) is 8.27. The first-order valence-electron chi connectivity index (χ1n) is 4.02. The fourth-order valence-corrected chi connectivity index (χ4v) is 1.05. The maximum absolute atomic E-state index is 5.79. The summed E-state index contributed by atoms with van der Waals surface area (Å²) in [5.41, 5.74) is 7.03. The fourth-order valence-electron chi connectivity index (χ4n) is 1.05. The lowest BCUT2D eigenvalue weighted by Gasteiger charge is -2.06. The minimum atomic E-state index is 0.270. The van der Waals surface area contributed by atoms with Gasteiger partial charge in [0.1, 0.15) is 5.76 Å². The number of aryl methyl sites for hydroxylation is 1. The van der Waals surface area contributed by atoms with E-state index in [1.54, 1.807) is 6.26 Å². The van der Waals surface area contributed by atoms with Gasteiger partial charge in [-0.2, -0.15) is 0 Å². The summed E-state index contributed by atoms with van der Waals surface area (Å²) < 4.78 is 5.15. The Bertz CT molecular complexity index is 217. The van der Waals surface area contributed by atoms with Gasteiger partial charge >= 0.3 is 0 Å². The van der Waals surface area contributed by atoms with Crippen LogP contribution in [-0.4, -0.2) is 6.04 Å². The van der Waals surface area contributed by atoms with E-state index in [1.165, 1.54) is 5.56 Å². The highest BCUT2D eigenvalue weighted by Crippen LogP contribution is 2.11. The summed E-state index contributed by atoms with van der Waals surface area (Å²) in [7, 11) is 0. The van der Waals surface area contributed by atoms with E-state index in [0.717, 1.165) is 18.6 Å². The topological polar surface area (TPSA) is 39.2 Å². The molecule has 1 unspecified atom stereocenters. The maximum atomic E-state index is 5.79. The number of rotatable bonds is 3. The molecule has 1 heterocycles. The number of furan rings is 1. The van der Waals surface area contributed by atoms with E-state index in [-0.39, 0.29) is 6.04 Å². The van der Waals surface area contributed by atoms with Crippen LogP contribution in [0.15, 0.2) is 16.7 Å². The molecular formula is C9H15NO. The molecule has 0 aliphatic rings. The Kier molecular flexibility index (Phi) is 2.71. The van der Waals surface area contributed by atoms with Gasteiger partial charge in [-0.15, -0.1) is 0 Å². The van der Waals surface area contributed by atoms with Crippen LogP contribution >= 0.6 is 0 Å². The third kappa shape index (κ3) is 2.09. The molecule has 0 amide bonds. The second-order valence-corrected chi connectivity index (χ2v) is 2.87. The fraction of sp³-hybridized carbons (Fsp3) is 0.556. The molecule has 2 N–H and O–H groups in total. The smallest absolute Gasteiger partial charge is 0.103 e. The van der Waals surface area contributed by atoms with Crippen molar-refractivity contribution in [3.05, 3.63) is 23.7 Å². The highest BCUT2D eigenvalue weighted by molar-refractivity contribution is 5.16. The van der Waals surface area contributed by atoms with Crippen molar-refractivity contribution < 1.29 is 4.42 Å². The quantitative estimate of drug-likeness (QED) is 0.720. The van der Waals surface area contributed by atoms with Gasteiger partial charge in [0.05, 0.1) is 6.26 Å². The molecule has 1 atom stereocenters. The lowest BCUT2D eigenvalue weighted by atomic mass is 10.1. The Morgan fingerprint density at radius 3 is 2.82 bits per heavy atom. The van der Waals surface area contributed by atoms with Crippen molar-refractivity contribution in [1.29, 1.82) is 0 Å². The molecule has 1 rings (SSSR count). The standard InChI is InChI=1S/C9H15NO/c1-3-9(10)6-8-4-5-11-7(8)2/h4-5,9H,3,6,10H2,1-2H3. The van der Waals surface area contributed by atoms with Crippen LogP contribution < -0.4 is 5.73 Å². The zero-order valence-corrected chi connectivity index (χ0v) is 7.13. The highest BCUT2D eigenvalue weighted by atomic mass is 16.3. The van der Waals surface area contributed by atoms with Gasteiger partial charge < -0.3 is 10.2 Å². The summed E-state index contributed by atoms with van der Waals surface area (Å²) in [5.74, 6) is 0.994. The molecule has 0 radical (unpaired) electrons. The molecule has 0 saturated carbocycles. The average molecular weight is 153 g/mol. The second-order valence-electron chi connectivity index (χ2n) is 2.87. The predicted octanol–water partition coefficient (Wildman–Crippen LogP) is 1.87. The summed E-state index contributed by atoms with van der Waals surface area (Å²) >= 11 is 0. The number of hydrogen-bond acceptors (Lipinski definition) is 2. The third-order valence-corrected chi connectivity index (χ3v) is 1.97. The van der Waals surface area contributed by atoms with Crippen molar-refractivity contribution >= 4 is 0 Å². The maximum Gasteiger partial charge on any atom is 0.103 e. The van der Waals surface area contributed by atoms with Gasteiger partial charge in [-0.1, -0.05) is 6.92 Å². The lowest BCUT2D eigenvalue weighted by Crippen LogP contribution is -2.21. The number of hydrogen-bond donors (Lipinski definition) is 1. The highest BCUT2D eigenvalue weighted by Gasteiger charge is 2.05. The molecule has 1 aromatic rings. The molecule has 0 aromatic carbocycles. The van der Waals surface area contributed by atoms with E-state index >= 15 is 0 Å². The molecule has 11 heavy (non-hydrogen) atoms. The van der Waals surface area contributed by atoms with Crippen molar-refractivity contribution in [1.82, 2.24) is 0 Å². The summed E-state index contributed by atoms with van der Waals surface area (Å²) in [5, 5.41) is 0. The van der Waals surface area contributed by atoms with E-state index in [2.05, 4.69) is 6.92 Å². The Labute approximate surface area is 67.4 Å². The predicted molar refractivity (Wildman–Crippen MR) is 45.4 cm³/mol. The van der Waals surface area contributed by atoms with E-state index in [1.807, 2.05) is 13.0 Å². The third-order valence-electron chi connectivity index (χ3n) is 1.97. The minimum absolute atomic E-state index is 0.270.